The molecule has 0 bridgehead atoms. The molecule has 1 aromatic carbocycles. The van der Waals surface area contributed by atoms with Crippen LogP contribution in [0, 0.1) is 20.8 Å². The van der Waals surface area contributed by atoms with E-state index in [1.54, 1.807) is 0 Å². The van der Waals surface area contributed by atoms with Gasteiger partial charge in [-0.25, -0.2) is 9.97 Å². The summed E-state index contributed by atoms with van der Waals surface area (Å²) in [5, 5.41) is 1.09. The van der Waals surface area contributed by atoms with E-state index >= 15 is 0 Å². The van der Waals surface area contributed by atoms with Gasteiger partial charge in [0.1, 0.15) is 10.4 Å². The fourth-order valence-electron chi connectivity index (χ4n) is 1.65. The summed E-state index contributed by atoms with van der Waals surface area (Å²) in [6.07, 6.45) is 0. The van der Waals surface area contributed by atoms with Crippen LogP contribution in [-0.4, -0.2) is 9.97 Å². The van der Waals surface area contributed by atoms with Crippen molar-refractivity contribution in [1.82, 2.24) is 9.97 Å². The molecular formula is C11H11BrN2. The minimum atomic E-state index is 0.802. The number of benzene rings is 1. The Morgan fingerprint density at radius 3 is 2.50 bits per heavy atom. The molecule has 3 heteroatoms. The van der Waals surface area contributed by atoms with Gasteiger partial charge >= 0.3 is 0 Å². The van der Waals surface area contributed by atoms with Gasteiger partial charge in [-0.2, -0.15) is 0 Å². The van der Waals surface area contributed by atoms with E-state index in [0.29, 0.717) is 0 Å². The Hall–Kier alpha value is -0.960. The van der Waals surface area contributed by atoms with Gasteiger partial charge in [-0.1, -0.05) is 11.6 Å². The number of fused-ring (bicyclic) bond motifs is 1. The Morgan fingerprint density at radius 2 is 1.79 bits per heavy atom. The zero-order valence-electron chi connectivity index (χ0n) is 8.43. The molecule has 0 N–H and O–H groups in total. The lowest BCUT2D eigenvalue weighted by molar-refractivity contribution is 1.07. The zero-order valence-corrected chi connectivity index (χ0v) is 10.0. The van der Waals surface area contributed by atoms with Crippen LogP contribution in [0.4, 0.5) is 0 Å². The fraction of sp³-hybridized carbons (Fsp3) is 0.273. The molecule has 2 nitrogen and oxygen atoms in total. The molecule has 2 rings (SSSR count). The molecule has 1 heterocycles. The molecule has 2 aromatic rings. The van der Waals surface area contributed by atoms with Crippen molar-refractivity contribution in [3.8, 4) is 0 Å². The number of rotatable bonds is 0. The summed E-state index contributed by atoms with van der Waals surface area (Å²) in [4.78, 5) is 8.73. The number of aromatic nitrogens is 2. The minimum Gasteiger partial charge on any atom is -0.233 e. The molecule has 0 radical (unpaired) electrons. The molecule has 0 saturated heterocycles. The van der Waals surface area contributed by atoms with E-state index in [4.69, 9.17) is 0 Å². The average molecular weight is 251 g/mol. The van der Waals surface area contributed by atoms with Gasteiger partial charge in [0.2, 0.25) is 0 Å². The largest absolute Gasteiger partial charge is 0.233 e. The molecule has 0 saturated carbocycles. The first kappa shape index (κ1) is 9.59. The van der Waals surface area contributed by atoms with Crippen LogP contribution in [0.5, 0.6) is 0 Å². The monoisotopic (exact) mass is 250 g/mol. The second-order valence-electron chi connectivity index (χ2n) is 3.54. The summed E-state index contributed by atoms with van der Waals surface area (Å²) in [5.41, 5.74) is 3.48. The van der Waals surface area contributed by atoms with Crippen molar-refractivity contribution in [2.24, 2.45) is 0 Å². The van der Waals surface area contributed by atoms with Crippen molar-refractivity contribution >= 4 is 26.8 Å². The Labute approximate surface area is 91.5 Å². The second kappa shape index (κ2) is 3.31. The highest BCUT2D eigenvalue weighted by Gasteiger charge is 2.05. The van der Waals surface area contributed by atoms with Crippen LogP contribution in [0.2, 0.25) is 0 Å². The highest BCUT2D eigenvalue weighted by molar-refractivity contribution is 9.10. The van der Waals surface area contributed by atoms with Crippen molar-refractivity contribution in [2.45, 2.75) is 20.8 Å². The molecule has 72 valence electrons. The second-order valence-corrected chi connectivity index (χ2v) is 4.29. The van der Waals surface area contributed by atoms with E-state index in [2.05, 4.69) is 51.9 Å². The van der Waals surface area contributed by atoms with Gasteiger partial charge in [0.15, 0.2) is 0 Å². The standard InChI is InChI=1S/C11H11BrN2/c1-6-4-7(2)10-9(5-6)11(12)14-8(3)13-10/h4-5H,1-3H3. The quantitative estimate of drug-likeness (QED) is 0.671. The van der Waals surface area contributed by atoms with Gasteiger partial charge in [-0.05, 0) is 48.3 Å². The van der Waals surface area contributed by atoms with E-state index in [-0.39, 0.29) is 0 Å². The van der Waals surface area contributed by atoms with E-state index in [1.807, 2.05) is 6.92 Å². The lowest BCUT2D eigenvalue weighted by atomic mass is 10.1. The SMILES string of the molecule is Cc1cc(C)c2nc(C)nc(Br)c2c1. The third-order valence-electron chi connectivity index (χ3n) is 2.20. The number of nitrogens with zero attached hydrogens (tertiary/aromatic N) is 2. The van der Waals surface area contributed by atoms with Gasteiger partial charge in [-0.15, -0.1) is 0 Å². The highest BCUT2D eigenvalue weighted by atomic mass is 79.9. The van der Waals surface area contributed by atoms with Crippen LogP contribution in [0.15, 0.2) is 16.7 Å². The third-order valence-corrected chi connectivity index (χ3v) is 2.81. The summed E-state index contributed by atoms with van der Waals surface area (Å²) in [7, 11) is 0. The summed E-state index contributed by atoms with van der Waals surface area (Å²) in [6, 6.07) is 4.24. The van der Waals surface area contributed by atoms with E-state index in [9.17, 15) is 0 Å². The van der Waals surface area contributed by atoms with Crippen molar-refractivity contribution in [1.29, 1.82) is 0 Å². The Balaban J connectivity index is 2.94. The number of halogens is 1. The van der Waals surface area contributed by atoms with E-state index in [0.717, 1.165) is 21.3 Å². The van der Waals surface area contributed by atoms with Gasteiger partial charge in [0, 0.05) is 5.39 Å². The average Bonchev–Trinajstić information content (AvgIpc) is 2.07. The highest BCUT2D eigenvalue weighted by Crippen LogP contribution is 2.24. The van der Waals surface area contributed by atoms with Crippen LogP contribution < -0.4 is 0 Å². The first-order valence-corrected chi connectivity index (χ1v) is 5.28. The van der Waals surface area contributed by atoms with Crippen molar-refractivity contribution < 1.29 is 0 Å². The van der Waals surface area contributed by atoms with Crippen LogP contribution in [0.1, 0.15) is 17.0 Å². The lowest BCUT2D eigenvalue weighted by Crippen LogP contribution is -1.93. The molecular weight excluding hydrogens is 240 g/mol. The van der Waals surface area contributed by atoms with Crippen LogP contribution >= 0.6 is 15.9 Å². The smallest absolute Gasteiger partial charge is 0.127 e. The summed E-state index contributed by atoms with van der Waals surface area (Å²) in [5.74, 6) is 0.802. The molecule has 0 aliphatic carbocycles. The Bertz CT molecular complexity index is 459. The Kier molecular flexibility index (Phi) is 2.27. The molecule has 0 spiro atoms. The maximum absolute atomic E-state index is 4.44. The van der Waals surface area contributed by atoms with E-state index in [1.165, 1.54) is 11.1 Å². The number of aryl methyl sites for hydroxylation is 3. The van der Waals surface area contributed by atoms with Gasteiger partial charge in [0.25, 0.3) is 0 Å². The molecule has 0 atom stereocenters. The maximum Gasteiger partial charge on any atom is 0.127 e. The minimum absolute atomic E-state index is 0.802. The predicted molar refractivity (Wildman–Crippen MR) is 61.4 cm³/mol. The first-order valence-electron chi connectivity index (χ1n) is 4.49. The summed E-state index contributed by atoms with van der Waals surface area (Å²) in [6.45, 7) is 6.07. The third kappa shape index (κ3) is 1.52. The lowest BCUT2D eigenvalue weighted by Gasteiger charge is -2.05. The number of hydrogen-bond donors (Lipinski definition) is 0. The number of hydrogen-bond acceptors (Lipinski definition) is 2. The maximum atomic E-state index is 4.44. The Morgan fingerprint density at radius 1 is 1.07 bits per heavy atom. The molecule has 0 aliphatic rings. The van der Waals surface area contributed by atoms with Crippen molar-refractivity contribution in [3.63, 3.8) is 0 Å². The molecule has 0 amide bonds. The molecule has 14 heavy (non-hydrogen) atoms. The van der Waals surface area contributed by atoms with Gasteiger partial charge in [0.05, 0.1) is 5.52 Å². The van der Waals surface area contributed by atoms with Crippen LogP contribution in [0.25, 0.3) is 10.9 Å². The molecule has 0 aliphatic heterocycles. The van der Waals surface area contributed by atoms with E-state index < -0.39 is 0 Å². The molecule has 1 aromatic heterocycles. The summed E-state index contributed by atoms with van der Waals surface area (Å²) >= 11 is 3.46. The van der Waals surface area contributed by atoms with Crippen LogP contribution in [-0.2, 0) is 0 Å². The van der Waals surface area contributed by atoms with Crippen molar-refractivity contribution in [2.75, 3.05) is 0 Å². The van der Waals surface area contributed by atoms with Gasteiger partial charge in [-0.3, -0.25) is 0 Å². The molecule has 0 unspecified atom stereocenters. The topological polar surface area (TPSA) is 25.8 Å². The van der Waals surface area contributed by atoms with Gasteiger partial charge < -0.3 is 0 Å². The normalized spacial score (nSPS) is 10.9. The predicted octanol–water partition coefficient (Wildman–Crippen LogP) is 3.32. The van der Waals surface area contributed by atoms with Crippen molar-refractivity contribution in [3.05, 3.63) is 33.7 Å². The molecule has 0 fully saturated rings. The zero-order chi connectivity index (χ0) is 10.3. The summed E-state index contributed by atoms with van der Waals surface area (Å²) < 4.78 is 0.881. The first-order chi connectivity index (χ1) is 6.58. The van der Waals surface area contributed by atoms with Crippen LogP contribution in [0.3, 0.4) is 0 Å². The fourth-order valence-corrected chi connectivity index (χ4v) is 2.21.